The first-order valence-corrected chi connectivity index (χ1v) is 10.9. The topological polar surface area (TPSA) is 85.6 Å². The summed E-state index contributed by atoms with van der Waals surface area (Å²) in [5.41, 5.74) is 3.11. The quantitative estimate of drug-likeness (QED) is 0.452. The van der Waals surface area contributed by atoms with Gasteiger partial charge in [0.1, 0.15) is 0 Å². The highest BCUT2D eigenvalue weighted by atomic mass is 32.2. The van der Waals surface area contributed by atoms with Gasteiger partial charge in [0.2, 0.25) is 5.91 Å². The molecule has 0 aliphatic rings. The van der Waals surface area contributed by atoms with Crippen LogP contribution in [0.4, 0.5) is 5.13 Å². The minimum absolute atomic E-state index is 0.133. The Balaban J connectivity index is 1.62. The van der Waals surface area contributed by atoms with Gasteiger partial charge in [-0.2, -0.15) is 0 Å². The molecule has 29 heavy (non-hydrogen) atoms. The highest BCUT2D eigenvalue weighted by Crippen LogP contribution is 2.28. The van der Waals surface area contributed by atoms with Crippen LogP contribution >= 0.6 is 23.1 Å². The van der Waals surface area contributed by atoms with E-state index in [0.717, 1.165) is 17.7 Å². The van der Waals surface area contributed by atoms with Gasteiger partial charge in [-0.15, -0.1) is 21.5 Å². The predicted octanol–water partition coefficient (Wildman–Crippen LogP) is 4.08. The Morgan fingerprint density at radius 2 is 1.90 bits per heavy atom. The fourth-order valence-electron chi connectivity index (χ4n) is 2.74. The molecule has 3 heterocycles. The molecule has 0 fully saturated rings. The molecular formula is C20H18N6OS2. The van der Waals surface area contributed by atoms with Crippen LogP contribution in [0.1, 0.15) is 12.5 Å². The monoisotopic (exact) mass is 422 g/mol. The average Bonchev–Trinajstić information content (AvgIpc) is 3.43. The predicted molar refractivity (Wildman–Crippen MR) is 115 cm³/mol. The van der Waals surface area contributed by atoms with Gasteiger partial charge >= 0.3 is 0 Å². The van der Waals surface area contributed by atoms with Gasteiger partial charge in [-0.3, -0.25) is 14.3 Å². The Labute approximate surface area is 176 Å². The summed E-state index contributed by atoms with van der Waals surface area (Å²) in [7, 11) is 0. The van der Waals surface area contributed by atoms with Crippen LogP contribution in [0.5, 0.6) is 0 Å². The molecule has 0 aliphatic carbocycles. The molecule has 9 heteroatoms. The summed E-state index contributed by atoms with van der Waals surface area (Å²) in [6.07, 6.45) is 6.08. The van der Waals surface area contributed by atoms with Crippen LogP contribution < -0.4 is 5.32 Å². The van der Waals surface area contributed by atoms with Crippen molar-refractivity contribution < 1.29 is 4.79 Å². The second-order valence-electron chi connectivity index (χ2n) is 6.07. The maximum absolute atomic E-state index is 12.3. The van der Waals surface area contributed by atoms with Crippen molar-refractivity contribution in [1.29, 1.82) is 0 Å². The third-order valence-corrected chi connectivity index (χ3v) is 5.80. The number of nitrogens with zero attached hydrogens (tertiary/aromatic N) is 5. The Hall–Kier alpha value is -3.04. The molecule has 0 radical (unpaired) electrons. The van der Waals surface area contributed by atoms with Crippen molar-refractivity contribution >= 4 is 34.1 Å². The molecule has 0 aliphatic heterocycles. The Bertz CT molecular complexity index is 1080. The molecule has 0 spiro atoms. The molecule has 0 atom stereocenters. The van der Waals surface area contributed by atoms with E-state index in [4.69, 9.17) is 0 Å². The van der Waals surface area contributed by atoms with Gasteiger partial charge in [-0.05, 0) is 36.2 Å². The fourth-order valence-corrected chi connectivity index (χ4v) is 4.03. The summed E-state index contributed by atoms with van der Waals surface area (Å²) < 4.78 is 1.97. The summed E-state index contributed by atoms with van der Waals surface area (Å²) in [4.78, 5) is 20.4. The third kappa shape index (κ3) is 4.52. The van der Waals surface area contributed by atoms with E-state index in [0.29, 0.717) is 16.1 Å². The molecule has 1 amide bonds. The van der Waals surface area contributed by atoms with E-state index in [2.05, 4.69) is 44.5 Å². The number of benzene rings is 1. The second-order valence-corrected chi connectivity index (χ2v) is 7.91. The lowest BCUT2D eigenvalue weighted by Gasteiger charge is -2.11. The molecule has 3 aromatic heterocycles. The number of rotatable bonds is 7. The van der Waals surface area contributed by atoms with E-state index in [1.54, 1.807) is 18.6 Å². The SMILES string of the molecule is CCc1ccc(-n2c(SCC(=O)Nc3nccs3)nnc2-c2ccncc2)cc1. The molecule has 0 unspecified atom stereocenters. The fraction of sp³-hybridized carbons (Fsp3) is 0.150. The third-order valence-electron chi connectivity index (χ3n) is 4.19. The zero-order valence-corrected chi connectivity index (χ0v) is 17.3. The molecule has 0 saturated carbocycles. The first-order chi connectivity index (χ1) is 14.2. The van der Waals surface area contributed by atoms with Gasteiger partial charge in [0, 0.05) is 35.2 Å². The van der Waals surface area contributed by atoms with Crippen LogP contribution in [0.15, 0.2) is 65.5 Å². The standard InChI is InChI=1S/C20H18N6OS2/c1-2-14-3-5-16(6-4-14)26-18(15-7-9-21-10-8-15)24-25-20(26)29-13-17(27)23-19-22-11-12-28-19/h3-12H,2,13H2,1H3,(H,22,23,27). The van der Waals surface area contributed by atoms with Crippen molar-refractivity contribution in [3.8, 4) is 17.1 Å². The van der Waals surface area contributed by atoms with Crippen LogP contribution in [0.3, 0.4) is 0 Å². The number of nitrogens with one attached hydrogen (secondary N) is 1. The summed E-state index contributed by atoms with van der Waals surface area (Å²) in [6.45, 7) is 2.12. The minimum atomic E-state index is -0.133. The highest BCUT2D eigenvalue weighted by molar-refractivity contribution is 7.99. The molecule has 4 aromatic rings. The number of hydrogen-bond acceptors (Lipinski definition) is 7. The van der Waals surface area contributed by atoms with Crippen LogP contribution in [-0.4, -0.2) is 36.4 Å². The number of hydrogen-bond donors (Lipinski definition) is 1. The van der Waals surface area contributed by atoms with Gasteiger partial charge in [0.25, 0.3) is 0 Å². The normalized spacial score (nSPS) is 10.8. The van der Waals surface area contributed by atoms with Crippen molar-refractivity contribution in [2.45, 2.75) is 18.5 Å². The lowest BCUT2D eigenvalue weighted by Crippen LogP contribution is -2.14. The number of aromatic nitrogens is 5. The number of amides is 1. The van der Waals surface area contributed by atoms with Crippen LogP contribution in [0.25, 0.3) is 17.1 Å². The number of pyridine rings is 1. The molecule has 4 rings (SSSR count). The first kappa shape index (κ1) is 19.3. The average molecular weight is 423 g/mol. The summed E-state index contributed by atoms with van der Waals surface area (Å²) in [5, 5.41) is 14.6. The second kappa shape index (κ2) is 8.97. The summed E-state index contributed by atoms with van der Waals surface area (Å²) in [5.74, 6) is 0.784. The Morgan fingerprint density at radius 3 is 2.59 bits per heavy atom. The van der Waals surface area contributed by atoms with Crippen LogP contribution in [0.2, 0.25) is 0 Å². The highest BCUT2D eigenvalue weighted by Gasteiger charge is 2.17. The number of thioether (sulfide) groups is 1. The van der Waals surface area contributed by atoms with Crippen molar-refractivity contribution in [2.75, 3.05) is 11.1 Å². The van der Waals surface area contributed by atoms with Gasteiger partial charge in [-0.25, -0.2) is 4.98 Å². The summed E-state index contributed by atoms with van der Waals surface area (Å²) >= 11 is 2.72. The molecule has 146 valence electrons. The Kier molecular flexibility index (Phi) is 5.97. The minimum Gasteiger partial charge on any atom is -0.301 e. The lowest BCUT2D eigenvalue weighted by atomic mass is 10.1. The summed E-state index contributed by atoms with van der Waals surface area (Å²) in [6, 6.07) is 12.1. The largest absolute Gasteiger partial charge is 0.301 e. The number of carbonyl (C=O) groups excluding carboxylic acids is 1. The number of carbonyl (C=O) groups is 1. The zero-order chi connectivity index (χ0) is 20.1. The van der Waals surface area contributed by atoms with Gasteiger partial charge in [0.05, 0.1) is 5.75 Å². The lowest BCUT2D eigenvalue weighted by molar-refractivity contribution is -0.113. The molecule has 1 aromatic carbocycles. The number of anilines is 1. The molecular weight excluding hydrogens is 404 g/mol. The molecule has 7 nitrogen and oxygen atoms in total. The Morgan fingerprint density at radius 1 is 1.10 bits per heavy atom. The van der Waals surface area contributed by atoms with Gasteiger partial charge in [0.15, 0.2) is 16.1 Å². The van der Waals surface area contributed by atoms with Gasteiger partial charge in [-0.1, -0.05) is 30.8 Å². The van der Waals surface area contributed by atoms with Crippen LogP contribution in [-0.2, 0) is 11.2 Å². The van der Waals surface area contributed by atoms with E-state index in [1.807, 2.05) is 34.2 Å². The van der Waals surface area contributed by atoms with Crippen molar-refractivity contribution in [3.05, 3.63) is 65.9 Å². The van der Waals surface area contributed by atoms with E-state index < -0.39 is 0 Å². The molecule has 0 saturated heterocycles. The number of aryl methyl sites for hydroxylation is 1. The van der Waals surface area contributed by atoms with Crippen molar-refractivity contribution in [3.63, 3.8) is 0 Å². The van der Waals surface area contributed by atoms with Crippen molar-refractivity contribution in [1.82, 2.24) is 24.7 Å². The van der Waals surface area contributed by atoms with Crippen molar-refractivity contribution in [2.24, 2.45) is 0 Å². The van der Waals surface area contributed by atoms with E-state index in [-0.39, 0.29) is 11.7 Å². The van der Waals surface area contributed by atoms with E-state index in [9.17, 15) is 4.79 Å². The molecule has 1 N–H and O–H groups in total. The maximum Gasteiger partial charge on any atom is 0.236 e. The van der Waals surface area contributed by atoms with E-state index >= 15 is 0 Å². The first-order valence-electron chi connectivity index (χ1n) is 9.02. The number of thiazole rings is 1. The van der Waals surface area contributed by atoms with E-state index in [1.165, 1.54) is 28.7 Å². The molecule has 0 bridgehead atoms. The van der Waals surface area contributed by atoms with Gasteiger partial charge < -0.3 is 5.32 Å². The zero-order valence-electron chi connectivity index (χ0n) is 15.6. The van der Waals surface area contributed by atoms with Crippen LogP contribution in [0, 0.1) is 0 Å². The maximum atomic E-state index is 12.3. The smallest absolute Gasteiger partial charge is 0.236 e.